The van der Waals surface area contributed by atoms with E-state index in [1.165, 1.54) is 6.92 Å². The van der Waals surface area contributed by atoms with E-state index in [0.29, 0.717) is 0 Å². The van der Waals surface area contributed by atoms with Crippen LogP contribution in [-0.4, -0.2) is 0 Å². The van der Waals surface area contributed by atoms with Crippen LogP contribution in [0.4, 0.5) is 8.78 Å². The summed E-state index contributed by atoms with van der Waals surface area (Å²) in [6.45, 7) is 1.45. The molecule has 0 atom stereocenters. The van der Waals surface area contributed by atoms with Gasteiger partial charge in [-0.15, -0.1) is 6.42 Å². The van der Waals surface area contributed by atoms with Crippen LogP contribution in [0.1, 0.15) is 11.1 Å². The van der Waals surface area contributed by atoms with E-state index in [0.717, 1.165) is 12.1 Å². The standard InChI is InChI=1S/C9H6F2/c1-3-7-6(2)8(10)4-5-9(7)11/h1,4-5H,2H3. The Balaban J connectivity index is 3.44. The second kappa shape index (κ2) is 2.71. The van der Waals surface area contributed by atoms with Gasteiger partial charge in [-0.3, -0.25) is 0 Å². The first-order chi connectivity index (χ1) is 5.16. The average Bonchev–Trinajstić information content (AvgIpc) is 1.99. The molecule has 0 aliphatic rings. The first-order valence-electron chi connectivity index (χ1n) is 3.08. The van der Waals surface area contributed by atoms with Crippen molar-refractivity contribution < 1.29 is 8.78 Å². The molecule has 0 saturated heterocycles. The SMILES string of the molecule is C#Cc1c(F)ccc(F)c1C. The summed E-state index contributed by atoms with van der Waals surface area (Å²) in [6.07, 6.45) is 4.96. The molecule has 1 aromatic carbocycles. The van der Waals surface area contributed by atoms with Crippen molar-refractivity contribution in [2.24, 2.45) is 0 Å². The minimum absolute atomic E-state index is 0.00463. The molecule has 0 heterocycles. The molecule has 56 valence electrons. The lowest BCUT2D eigenvalue weighted by Crippen LogP contribution is -1.91. The highest BCUT2D eigenvalue weighted by Gasteiger charge is 2.06. The van der Waals surface area contributed by atoms with Crippen LogP contribution in [0, 0.1) is 30.9 Å². The third-order valence-corrected chi connectivity index (χ3v) is 1.49. The van der Waals surface area contributed by atoms with Crippen LogP contribution in [0.15, 0.2) is 12.1 Å². The lowest BCUT2D eigenvalue weighted by molar-refractivity contribution is 0.589. The molecule has 0 aromatic heterocycles. The number of halogens is 2. The Labute approximate surface area is 63.9 Å². The van der Waals surface area contributed by atoms with Crippen molar-refractivity contribution in [1.29, 1.82) is 0 Å². The van der Waals surface area contributed by atoms with Gasteiger partial charge in [-0.2, -0.15) is 0 Å². The van der Waals surface area contributed by atoms with Gasteiger partial charge in [0, 0.05) is 5.56 Å². The van der Waals surface area contributed by atoms with Crippen LogP contribution in [0.25, 0.3) is 0 Å². The van der Waals surface area contributed by atoms with Gasteiger partial charge in [-0.05, 0) is 19.1 Å². The van der Waals surface area contributed by atoms with Crippen molar-refractivity contribution in [2.45, 2.75) is 6.92 Å². The zero-order valence-electron chi connectivity index (χ0n) is 5.99. The molecule has 0 unspecified atom stereocenters. The van der Waals surface area contributed by atoms with Crippen LogP contribution in [0.2, 0.25) is 0 Å². The minimum atomic E-state index is -0.550. The van der Waals surface area contributed by atoms with Crippen molar-refractivity contribution in [3.63, 3.8) is 0 Å². The Morgan fingerprint density at radius 3 is 2.27 bits per heavy atom. The zero-order valence-corrected chi connectivity index (χ0v) is 5.99. The van der Waals surface area contributed by atoms with Crippen LogP contribution in [-0.2, 0) is 0 Å². The molecular weight excluding hydrogens is 146 g/mol. The maximum atomic E-state index is 12.7. The number of rotatable bonds is 0. The van der Waals surface area contributed by atoms with Gasteiger partial charge in [0.25, 0.3) is 0 Å². The first kappa shape index (κ1) is 7.74. The van der Waals surface area contributed by atoms with E-state index < -0.39 is 11.6 Å². The highest BCUT2D eigenvalue weighted by Crippen LogP contribution is 2.14. The fourth-order valence-corrected chi connectivity index (χ4v) is 0.830. The summed E-state index contributed by atoms with van der Waals surface area (Å²) < 4.78 is 25.4. The van der Waals surface area contributed by atoms with E-state index in [1.54, 1.807) is 0 Å². The summed E-state index contributed by atoms with van der Waals surface area (Å²) in [5.74, 6) is 1.07. The molecule has 0 nitrogen and oxygen atoms in total. The first-order valence-corrected chi connectivity index (χ1v) is 3.08. The Kier molecular flexibility index (Phi) is 1.91. The van der Waals surface area contributed by atoms with Crippen molar-refractivity contribution in [3.8, 4) is 12.3 Å². The second-order valence-corrected chi connectivity index (χ2v) is 2.17. The average molecular weight is 152 g/mol. The summed E-state index contributed by atoms with van der Waals surface area (Å²) in [7, 11) is 0. The van der Waals surface area contributed by atoms with Gasteiger partial charge < -0.3 is 0 Å². The van der Waals surface area contributed by atoms with Gasteiger partial charge in [-0.25, -0.2) is 8.78 Å². The van der Waals surface area contributed by atoms with E-state index in [2.05, 4.69) is 5.92 Å². The molecule has 11 heavy (non-hydrogen) atoms. The van der Waals surface area contributed by atoms with Crippen molar-refractivity contribution >= 4 is 0 Å². The quantitative estimate of drug-likeness (QED) is 0.500. The number of benzene rings is 1. The van der Waals surface area contributed by atoms with E-state index in [1.807, 2.05) is 0 Å². The maximum absolute atomic E-state index is 12.7. The molecular formula is C9H6F2. The van der Waals surface area contributed by atoms with E-state index in [-0.39, 0.29) is 11.1 Å². The summed E-state index contributed by atoms with van der Waals surface area (Å²) in [5, 5.41) is 0. The van der Waals surface area contributed by atoms with Gasteiger partial charge >= 0.3 is 0 Å². The highest BCUT2D eigenvalue weighted by molar-refractivity contribution is 5.40. The molecule has 2 heteroatoms. The molecule has 1 aromatic rings. The summed E-state index contributed by atoms with van der Waals surface area (Å²) >= 11 is 0. The van der Waals surface area contributed by atoms with E-state index >= 15 is 0 Å². The summed E-state index contributed by atoms with van der Waals surface area (Å²) in [4.78, 5) is 0. The smallest absolute Gasteiger partial charge is 0.139 e. The third kappa shape index (κ3) is 1.22. The number of hydrogen-bond acceptors (Lipinski definition) is 0. The zero-order chi connectivity index (χ0) is 8.43. The van der Waals surface area contributed by atoms with Crippen molar-refractivity contribution in [1.82, 2.24) is 0 Å². The number of terminal acetylenes is 1. The van der Waals surface area contributed by atoms with Gasteiger partial charge in [0.15, 0.2) is 0 Å². The van der Waals surface area contributed by atoms with Gasteiger partial charge in [0.2, 0.25) is 0 Å². The van der Waals surface area contributed by atoms with Crippen molar-refractivity contribution in [2.75, 3.05) is 0 Å². The molecule has 1 rings (SSSR count). The predicted molar refractivity (Wildman–Crippen MR) is 39.0 cm³/mol. The lowest BCUT2D eigenvalue weighted by Gasteiger charge is -1.99. The molecule has 0 radical (unpaired) electrons. The predicted octanol–water partition coefficient (Wildman–Crippen LogP) is 2.25. The minimum Gasteiger partial charge on any atom is -0.207 e. The fourth-order valence-electron chi connectivity index (χ4n) is 0.830. The molecule has 0 spiro atoms. The molecule has 0 saturated carbocycles. The van der Waals surface area contributed by atoms with Crippen LogP contribution in [0.3, 0.4) is 0 Å². The normalized spacial score (nSPS) is 9.27. The Morgan fingerprint density at radius 2 is 1.82 bits per heavy atom. The lowest BCUT2D eigenvalue weighted by atomic mass is 10.1. The Hall–Kier alpha value is -1.36. The molecule has 0 fully saturated rings. The summed E-state index contributed by atoms with van der Waals surface area (Å²) in [6, 6.07) is 2.09. The molecule has 0 bridgehead atoms. The van der Waals surface area contributed by atoms with E-state index in [4.69, 9.17) is 6.42 Å². The van der Waals surface area contributed by atoms with Gasteiger partial charge in [0.1, 0.15) is 11.6 Å². The van der Waals surface area contributed by atoms with Crippen LogP contribution >= 0.6 is 0 Å². The second-order valence-electron chi connectivity index (χ2n) is 2.17. The monoisotopic (exact) mass is 152 g/mol. The molecule has 0 aliphatic carbocycles. The molecule has 0 aliphatic heterocycles. The van der Waals surface area contributed by atoms with Gasteiger partial charge in [0.05, 0.1) is 5.56 Å². The fraction of sp³-hybridized carbons (Fsp3) is 0.111. The topological polar surface area (TPSA) is 0 Å². The number of hydrogen-bond donors (Lipinski definition) is 0. The van der Waals surface area contributed by atoms with Crippen LogP contribution < -0.4 is 0 Å². The summed E-state index contributed by atoms with van der Waals surface area (Å²) in [5.41, 5.74) is 0.192. The van der Waals surface area contributed by atoms with Gasteiger partial charge in [-0.1, -0.05) is 5.92 Å². The van der Waals surface area contributed by atoms with Crippen LogP contribution in [0.5, 0.6) is 0 Å². The third-order valence-electron chi connectivity index (χ3n) is 1.49. The Morgan fingerprint density at radius 1 is 1.27 bits per heavy atom. The maximum Gasteiger partial charge on any atom is 0.139 e. The highest BCUT2D eigenvalue weighted by atomic mass is 19.1. The van der Waals surface area contributed by atoms with Crippen molar-refractivity contribution in [3.05, 3.63) is 34.9 Å². The molecule has 0 amide bonds. The Bertz CT molecular complexity index is 321. The van der Waals surface area contributed by atoms with E-state index in [9.17, 15) is 8.78 Å². The molecule has 0 N–H and O–H groups in total. The largest absolute Gasteiger partial charge is 0.207 e.